The second kappa shape index (κ2) is 9.61. The lowest BCUT2D eigenvalue weighted by atomic mass is 10.1. The third-order valence-corrected chi connectivity index (χ3v) is 4.84. The third kappa shape index (κ3) is 5.39. The van der Waals surface area contributed by atoms with Gasteiger partial charge >= 0.3 is 0 Å². The van der Waals surface area contributed by atoms with Gasteiger partial charge in [-0.3, -0.25) is 4.79 Å². The Kier molecular flexibility index (Phi) is 6.25. The van der Waals surface area contributed by atoms with Crippen LogP contribution in [0.2, 0.25) is 0 Å². The van der Waals surface area contributed by atoms with Gasteiger partial charge in [0.25, 0.3) is 0 Å². The Labute approximate surface area is 176 Å². The number of carbonyl (C=O) groups excluding carboxylic acids is 1. The van der Waals surface area contributed by atoms with Crippen LogP contribution >= 0.6 is 0 Å². The second-order valence-electron chi connectivity index (χ2n) is 7.07. The van der Waals surface area contributed by atoms with Crippen molar-refractivity contribution in [3.63, 3.8) is 0 Å². The summed E-state index contributed by atoms with van der Waals surface area (Å²) in [4.78, 5) is 12.3. The number of hydrogen-bond donors (Lipinski definition) is 2. The predicted molar refractivity (Wildman–Crippen MR) is 123 cm³/mol. The number of carbonyl (C=O) groups is 1. The lowest BCUT2D eigenvalue weighted by Gasteiger charge is -2.10. The summed E-state index contributed by atoms with van der Waals surface area (Å²) in [6.07, 6.45) is 0.871. The van der Waals surface area contributed by atoms with Crippen molar-refractivity contribution in [2.75, 3.05) is 23.8 Å². The van der Waals surface area contributed by atoms with Gasteiger partial charge in [0.05, 0.1) is 13.2 Å². The van der Waals surface area contributed by atoms with Gasteiger partial charge in [-0.15, -0.1) is 0 Å². The maximum Gasteiger partial charge on any atom is 0.243 e. The predicted octanol–water partition coefficient (Wildman–Crippen LogP) is 5.51. The Hall–Kier alpha value is -3.79. The van der Waals surface area contributed by atoms with E-state index >= 15 is 0 Å². The van der Waals surface area contributed by atoms with Crippen molar-refractivity contribution in [1.29, 1.82) is 0 Å². The van der Waals surface area contributed by atoms with Crippen LogP contribution in [0.1, 0.15) is 5.56 Å². The van der Waals surface area contributed by atoms with Gasteiger partial charge in [-0.2, -0.15) is 0 Å². The summed E-state index contributed by atoms with van der Waals surface area (Å²) in [7, 11) is 0. The number of amides is 1. The summed E-state index contributed by atoms with van der Waals surface area (Å²) < 4.78 is 5.80. The van der Waals surface area contributed by atoms with Crippen LogP contribution in [0.4, 0.5) is 11.4 Å². The maximum absolute atomic E-state index is 12.3. The first kappa shape index (κ1) is 19.5. The molecule has 0 radical (unpaired) electrons. The van der Waals surface area contributed by atoms with Crippen LogP contribution < -0.4 is 15.4 Å². The number of hydrogen-bond acceptors (Lipinski definition) is 3. The van der Waals surface area contributed by atoms with Crippen molar-refractivity contribution in [2.45, 2.75) is 6.42 Å². The number of rotatable bonds is 8. The Bertz CT molecular complexity index is 1110. The third-order valence-electron chi connectivity index (χ3n) is 4.84. The summed E-state index contributed by atoms with van der Waals surface area (Å²) in [6.45, 7) is 0.825. The smallest absolute Gasteiger partial charge is 0.243 e. The fraction of sp³-hybridized carbons (Fsp3) is 0.115. The van der Waals surface area contributed by atoms with Crippen molar-refractivity contribution >= 4 is 28.1 Å². The van der Waals surface area contributed by atoms with E-state index in [1.54, 1.807) is 0 Å². The number of fused-ring (bicyclic) bond motifs is 1. The van der Waals surface area contributed by atoms with Crippen molar-refractivity contribution in [3.05, 3.63) is 103 Å². The summed E-state index contributed by atoms with van der Waals surface area (Å²) >= 11 is 0. The molecule has 30 heavy (non-hydrogen) atoms. The SMILES string of the molecule is O=C(CNc1ccc(OCCc2ccccc2)cc1)Nc1ccc2ccccc2c1. The van der Waals surface area contributed by atoms with Crippen LogP contribution in [0.25, 0.3) is 10.8 Å². The molecule has 4 aromatic rings. The van der Waals surface area contributed by atoms with E-state index in [0.717, 1.165) is 34.3 Å². The average molecular weight is 396 g/mol. The highest BCUT2D eigenvalue weighted by atomic mass is 16.5. The molecule has 0 aliphatic carbocycles. The van der Waals surface area contributed by atoms with Crippen LogP contribution in [-0.2, 0) is 11.2 Å². The minimum Gasteiger partial charge on any atom is -0.493 e. The molecule has 0 atom stereocenters. The highest BCUT2D eigenvalue weighted by Gasteiger charge is 2.04. The first-order valence-electron chi connectivity index (χ1n) is 10.1. The molecule has 0 bridgehead atoms. The molecule has 4 rings (SSSR count). The van der Waals surface area contributed by atoms with Gasteiger partial charge in [0.2, 0.25) is 5.91 Å². The van der Waals surface area contributed by atoms with E-state index in [2.05, 4.69) is 28.8 Å². The highest BCUT2D eigenvalue weighted by molar-refractivity contribution is 5.96. The van der Waals surface area contributed by atoms with Crippen molar-refractivity contribution in [2.24, 2.45) is 0 Å². The van der Waals surface area contributed by atoms with E-state index < -0.39 is 0 Å². The molecule has 150 valence electrons. The molecule has 0 heterocycles. The fourth-order valence-corrected chi connectivity index (χ4v) is 3.26. The van der Waals surface area contributed by atoms with E-state index in [9.17, 15) is 4.79 Å². The van der Waals surface area contributed by atoms with Crippen molar-refractivity contribution < 1.29 is 9.53 Å². The molecule has 0 aromatic heterocycles. The average Bonchev–Trinajstić information content (AvgIpc) is 2.79. The molecule has 4 aromatic carbocycles. The Morgan fingerprint density at radius 2 is 1.43 bits per heavy atom. The standard InChI is InChI=1S/C26H24N2O2/c29-26(28-24-11-10-21-8-4-5-9-22(21)18-24)19-27-23-12-14-25(15-13-23)30-17-16-20-6-2-1-3-7-20/h1-15,18,27H,16-17,19H2,(H,28,29). The van der Waals surface area contributed by atoms with Gasteiger partial charge in [0, 0.05) is 17.8 Å². The number of benzene rings is 4. The first-order valence-corrected chi connectivity index (χ1v) is 10.1. The molecular formula is C26H24N2O2. The van der Waals surface area contributed by atoms with Gasteiger partial charge in [0.1, 0.15) is 5.75 Å². The van der Waals surface area contributed by atoms with Gasteiger partial charge in [-0.25, -0.2) is 0 Å². The lowest BCUT2D eigenvalue weighted by Crippen LogP contribution is -2.21. The molecule has 0 spiro atoms. The molecule has 0 aliphatic heterocycles. The molecule has 0 fully saturated rings. The van der Waals surface area contributed by atoms with Gasteiger partial charge in [-0.05, 0) is 52.7 Å². The minimum atomic E-state index is -0.0894. The Morgan fingerprint density at radius 1 is 0.733 bits per heavy atom. The number of nitrogens with one attached hydrogen (secondary N) is 2. The minimum absolute atomic E-state index is 0.0894. The zero-order valence-electron chi connectivity index (χ0n) is 16.7. The van der Waals surface area contributed by atoms with Crippen molar-refractivity contribution in [1.82, 2.24) is 0 Å². The topological polar surface area (TPSA) is 50.4 Å². The quantitative estimate of drug-likeness (QED) is 0.413. The summed E-state index contributed by atoms with van der Waals surface area (Å²) in [5, 5.41) is 8.33. The molecule has 4 heteroatoms. The van der Waals surface area contributed by atoms with Crippen LogP contribution in [-0.4, -0.2) is 19.1 Å². The fourth-order valence-electron chi connectivity index (χ4n) is 3.26. The van der Waals surface area contributed by atoms with Crippen LogP contribution in [0.5, 0.6) is 5.75 Å². The molecule has 1 amide bonds. The second-order valence-corrected chi connectivity index (χ2v) is 7.07. The van der Waals surface area contributed by atoms with Gasteiger partial charge in [0.15, 0.2) is 0 Å². The largest absolute Gasteiger partial charge is 0.493 e. The van der Waals surface area contributed by atoms with Crippen LogP contribution in [0, 0.1) is 0 Å². The molecule has 4 nitrogen and oxygen atoms in total. The van der Waals surface area contributed by atoms with E-state index in [-0.39, 0.29) is 12.5 Å². The van der Waals surface area contributed by atoms with Crippen LogP contribution in [0.3, 0.4) is 0 Å². The summed E-state index contributed by atoms with van der Waals surface area (Å²) in [5.41, 5.74) is 2.93. The number of anilines is 2. The van der Waals surface area contributed by atoms with Gasteiger partial charge < -0.3 is 15.4 Å². The zero-order chi connectivity index (χ0) is 20.6. The lowest BCUT2D eigenvalue weighted by molar-refractivity contribution is -0.114. The zero-order valence-corrected chi connectivity index (χ0v) is 16.7. The number of ether oxygens (including phenoxy) is 1. The van der Waals surface area contributed by atoms with E-state index in [0.29, 0.717) is 6.61 Å². The van der Waals surface area contributed by atoms with Crippen molar-refractivity contribution in [3.8, 4) is 5.75 Å². The van der Waals surface area contributed by atoms with Crippen LogP contribution in [0.15, 0.2) is 97.1 Å². The van der Waals surface area contributed by atoms with E-state index in [1.807, 2.05) is 78.9 Å². The van der Waals surface area contributed by atoms with E-state index in [4.69, 9.17) is 4.74 Å². The molecule has 0 saturated carbocycles. The molecule has 0 aliphatic rings. The summed E-state index contributed by atoms with van der Waals surface area (Å²) in [6, 6.07) is 31.9. The maximum atomic E-state index is 12.3. The summed E-state index contributed by atoms with van der Waals surface area (Å²) in [5.74, 6) is 0.727. The molecule has 0 saturated heterocycles. The van der Waals surface area contributed by atoms with Gasteiger partial charge in [-0.1, -0.05) is 60.7 Å². The first-order chi connectivity index (χ1) is 14.8. The normalized spacial score (nSPS) is 10.5. The molecular weight excluding hydrogens is 372 g/mol. The highest BCUT2D eigenvalue weighted by Crippen LogP contribution is 2.19. The molecule has 0 unspecified atom stereocenters. The molecule has 2 N–H and O–H groups in total. The monoisotopic (exact) mass is 396 g/mol. The van der Waals surface area contributed by atoms with E-state index in [1.165, 1.54) is 5.56 Å². The Morgan fingerprint density at radius 3 is 2.23 bits per heavy atom. The Balaban J connectivity index is 1.23.